The third kappa shape index (κ3) is 17.3. The summed E-state index contributed by atoms with van der Waals surface area (Å²) in [6, 6.07) is 38.0. The topological polar surface area (TPSA) is 191 Å². The molecule has 6 rings (SSSR count). The fourth-order valence-corrected chi connectivity index (χ4v) is 6.60. The van der Waals surface area contributed by atoms with Gasteiger partial charge in [0.2, 0.25) is 0 Å². The Labute approximate surface area is 368 Å². The first-order valence-electron chi connectivity index (χ1n) is 18.5. The molecule has 2 aromatic heterocycles. The summed E-state index contributed by atoms with van der Waals surface area (Å²) < 4.78 is 73.3. The van der Waals surface area contributed by atoms with E-state index in [0.717, 1.165) is 45.6 Å². The van der Waals surface area contributed by atoms with E-state index in [1.807, 2.05) is 113 Å². The van der Waals surface area contributed by atoms with Gasteiger partial charge in [-0.25, -0.2) is 0 Å². The SMILES string of the molecule is CN(C)CCOC(c1ccc(Cl)cc1)c1ccccn1.CN(C)CCOC(c1ccc(Cl)cc1)c1ccccn1.O.O=S(=O)(O)c1ccc(-c2ccc(S(=O)(=O)O)cc2)cc1. The van der Waals surface area contributed by atoms with E-state index in [9.17, 15) is 16.8 Å². The Morgan fingerprint density at radius 2 is 0.852 bits per heavy atom. The van der Waals surface area contributed by atoms with Gasteiger partial charge in [-0.2, -0.15) is 16.8 Å². The number of benzene rings is 4. The lowest BCUT2D eigenvalue weighted by Crippen LogP contribution is -2.20. The largest absolute Gasteiger partial charge is 0.412 e. The molecule has 0 spiro atoms. The van der Waals surface area contributed by atoms with Gasteiger partial charge in [0.1, 0.15) is 12.2 Å². The van der Waals surface area contributed by atoms with E-state index in [4.69, 9.17) is 41.8 Å². The van der Waals surface area contributed by atoms with Crippen molar-refractivity contribution >= 4 is 43.4 Å². The van der Waals surface area contributed by atoms with E-state index < -0.39 is 20.2 Å². The van der Waals surface area contributed by atoms with Gasteiger partial charge in [-0.15, -0.1) is 0 Å². The highest BCUT2D eigenvalue weighted by Crippen LogP contribution is 2.27. The molecule has 2 atom stereocenters. The maximum Gasteiger partial charge on any atom is 0.294 e. The molecule has 4 aromatic carbocycles. The zero-order valence-corrected chi connectivity index (χ0v) is 37.2. The molecule has 326 valence electrons. The van der Waals surface area contributed by atoms with Crippen molar-refractivity contribution in [1.29, 1.82) is 0 Å². The van der Waals surface area contributed by atoms with Crippen LogP contribution in [0.3, 0.4) is 0 Å². The summed E-state index contributed by atoms with van der Waals surface area (Å²) in [6.45, 7) is 3.04. The minimum atomic E-state index is -4.24. The van der Waals surface area contributed by atoms with Crippen molar-refractivity contribution in [3.63, 3.8) is 0 Å². The average Bonchev–Trinajstić information content (AvgIpc) is 3.22. The highest BCUT2D eigenvalue weighted by molar-refractivity contribution is 7.86. The van der Waals surface area contributed by atoms with Crippen LogP contribution >= 0.6 is 23.2 Å². The molecule has 0 radical (unpaired) electrons. The van der Waals surface area contributed by atoms with Crippen molar-refractivity contribution in [2.75, 3.05) is 54.5 Å². The fourth-order valence-electron chi connectivity index (χ4n) is 5.39. The van der Waals surface area contributed by atoms with Crippen LogP contribution in [0.1, 0.15) is 34.7 Å². The molecule has 17 heteroatoms. The summed E-state index contributed by atoms with van der Waals surface area (Å²) in [5.74, 6) is 0. The molecule has 6 aromatic rings. The summed E-state index contributed by atoms with van der Waals surface area (Å²) in [5.41, 5.74) is 5.22. The molecule has 0 aliphatic heterocycles. The van der Waals surface area contributed by atoms with Gasteiger partial charge >= 0.3 is 0 Å². The maximum absolute atomic E-state index is 10.9. The number of hydrogen-bond acceptors (Lipinski definition) is 10. The second-order valence-electron chi connectivity index (χ2n) is 13.7. The van der Waals surface area contributed by atoms with Crippen LogP contribution in [-0.2, 0) is 29.7 Å². The van der Waals surface area contributed by atoms with Crippen LogP contribution in [-0.4, -0.2) is 106 Å². The van der Waals surface area contributed by atoms with Crippen molar-refractivity contribution < 1.29 is 40.9 Å². The normalized spacial score (nSPS) is 12.3. The van der Waals surface area contributed by atoms with Crippen molar-refractivity contribution in [3.8, 4) is 11.1 Å². The standard InChI is InChI=1S/2C16H19ClN2O.C12H10O6S2.H2O/c2*1-19(2)11-12-20-16(15-5-3-4-10-18-15)13-6-8-14(17)9-7-13;13-19(14,15)11-5-1-9(2-6-11)10-3-7-12(8-4-10)20(16,17)18;/h2*3-10,16H,11-12H2,1-2H3;1-8H,(H,13,14,15)(H,16,17,18);1H2. The lowest BCUT2D eigenvalue weighted by Gasteiger charge is -2.19. The van der Waals surface area contributed by atoms with E-state index in [1.54, 1.807) is 12.4 Å². The fraction of sp³-hybridized carbons (Fsp3) is 0.227. The van der Waals surface area contributed by atoms with Crippen LogP contribution in [0.5, 0.6) is 0 Å². The quantitative estimate of drug-likeness (QED) is 0.0952. The van der Waals surface area contributed by atoms with Crippen molar-refractivity contribution in [1.82, 2.24) is 19.8 Å². The number of likely N-dealkylation sites (N-methyl/N-ethyl adjacent to an activating group) is 2. The lowest BCUT2D eigenvalue weighted by atomic mass is 10.1. The van der Waals surface area contributed by atoms with Gasteiger partial charge in [0.05, 0.1) is 34.4 Å². The monoisotopic (exact) mass is 912 g/mol. The average molecular weight is 914 g/mol. The first kappa shape index (κ1) is 50.7. The lowest BCUT2D eigenvalue weighted by molar-refractivity contribution is 0.0661. The summed E-state index contributed by atoms with van der Waals surface area (Å²) in [6.07, 6.45) is 3.25. The third-order valence-corrected chi connectivity index (χ3v) is 10.8. The molecule has 0 amide bonds. The summed E-state index contributed by atoms with van der Waals surface area (Å²) >= 11 is 11.9. The molecule has 0 fully saturated rings. The second-order valence-corrected chi connectivity index (χ2v) is 17.4. The molecule has 0 aliphatic rings. The highest BCUT2D eigenvalue weighted by Gasteiger charge is 2.17. The number of hydrogen-bond donors (Lipinski definition) is 2. The van der Waals surface area contributed by atoms with Crippen molar-refractivity contribution in [2.24, 2.45) is 0 Å². The van der Waals surface area contributed by atoms with Crippen molar-refractivity contribution in [2.45, 2.75) is 22.0 Å². The molecule has 61 heavy (non-hydrogen) atoms. The summed E-state index contributed by atoms with van der Waals surface area (Å²) in [4.78, 5) is 12.5. The van der Waals surface area contributed by atoms with Crippen LogP contribution in [0.25, 0.3) is 11.1 Å². The van der Waals surface area contributed by atoms with E-state index in [2.05, 4.69) is 19.8 Å². The molecule has 0 bridgehead atoms. The highest BCUT2D eigenvalue weighted by atomic mass is 35.5. The van der Waals surface area contributed by atoms with Crippen molar-refractivity contribution in [3.05, 3.63) is 178 Å². The van der Waals surface area contributed by atoms with Gasteiger partial charge in [0, 0.05) is 35.5 Å². The van der Waals surface area contributed by atoms with Gasteiger partial charge in [0.15, 0.2) is 0 Å². The number of nitrogens with zero attached hydrogens (tertiary/aromatic N) is 4. The van der Waals surface area contributed by atoms with E-state index in [1.165, 1.54) is 48.5 Å². The van der Waals surface area contributed by atoms with Crippen LogP contribution in [0, 0.1) is 0 Å². The number of ether oxygens (including phenoxy) is 2. The van der Waals surface area contributed by atoms with Crippen LogP contribution in [0.15, 0.2) is 156 Å². The first-order chi connectivity index (χ1) is 28.5. The minimum absolute atomic E-state index is 0. The third-order valence-electron chi connectivity index (χ3n) is 8.54. The van der Waals surface area contributed by atoms with E-state index in [-0.39, 0.29) is 27.5 Å². The molecule has 2 heterocycles. The molecule has 0 aliphatic carbocycles. The van der Waals surface area contributed by atoms with Crippen LogP contribution < -0.4 is 0 Å². The summed E-state index contributed by atoms with van der Waals surface area (Å²) in [5, 5.41) is 1.45. The minimum Gasteiger partial charge on any atom is -0.412 e. The zero-order valence-electron chi connectivity index (χ0n) is 34.0. The summed E-state index contributed by atoms with van der Waals surface area (Å²) in [7, 11) is -0.364. The van der Waals surface area contributed by atoms with Crippen LogP contribution in [0.4, 0.5) is 0 Å². The molecule has 0 saturated carbocycles. The Morgan fingerprint density at radius 1 is 0.525 bits per heavy atom. The maximum atomic E-state index is 10.9. The zero-order chi connectivity index (χ0) is 43.7. The Balaban J connectivity index is 0.000000242. The van der Waals surface area contributed by atoms with Gasteiger partial charge in [0.25, 0.3) is 20.2 Å². The number of pyridine rings is 2. The Hall–Kier alpha value is -4.62. The van der Waals surface area contributed by atoms with Crippen LogP contribution in [0.2, 0.25) is 10.0 Å². The molecule has 13 nitrogen and oxygen atoms in total. The van der Waals surface area contributed by atoms with E-state index >= 15 is 0 Å². The number of aromatic nitrogens is 2. The van der Waals surface area contributed by atoms with Gasteiger partial charge in [-0.1, -0.05) is 83.9 Å². The predicted octanol–water partition coefficient (Wildman–Crippen LogP) is 7.83. The molecule has 0 saturated heterocycles. The Kier molecular flexibility index (Phi) is 20.6. The predicted molar refractivity (Wildman–Crippen MR) is 239 cm³/mol. The second kappa shape index (κ2) is 24.7. The van der Waals surface area contributed by atoms with Gasteiger partial charge < -0.3 is 24.7 Å². The molecule has 4 N–H and O–H groups in total. The Morgan fingerprint density at radius 3 is 1.11 bits per heavy atom. The number of halogens is 2. The molecule has 2 unspecified atom stereocenters. The molecular weight excluding hydrogens is 864 g/mol. The molecular formula is C44H50Cl2N4O9S2. The Bertz CT molecular complexity index is 2230. The first-order valence-corrected chi connectivity index (χ1v) is 22.2. The van der Waals surface area contributed by atoms with E-state index in [0.29, 0.717) is 24.3 Å². The van der Waals surface area contributed by atoms with Gasteiger partial charge in [-0.3, -0.25) is 19.1 Å². The smallest absolute Gasteiger partial charge is 0.294 e. The number of rotatable bonds is 15. The van der Waals surface area contributed by atoms with Gasteiger partial charge in [-0.05, 0) is 123 Å².